The topological polar surface area (TPSA) is 50.2 Å². The number of nitrogens with one attached hydrogen (secondary N) is 1. The van der Waals surface area contributed by atoms with E-state index in [1.54, 1.807) is 28.8 Å². The van der Waals surface area contributed by atoms with Crippen molar-refractivity contribution in [3.8, 4) is 0 Å². The zero-order valence-corrected chi connectivity index (χ0v) is 19.9. The Bertz CT molecular complexity index is 1480. The van der Waals surface area contributed by atoms with Gasteiger partial charge in [-0.2, -0.15) is 4.39 Å². The van der Waals surface area contributed by atoms with Crippen LogP contribution in [0.25, 0.3) is 17.0 Å². The number of fused-ring (bicyclic) bond motifs is 3. The Balaban J connectivity index is 1.37. The van der Waals surface area contributed by atoms with Gasteiger partial charge < -0.3 is 5.32 Å². The first-order chi connectivity index (χ1) is 17.4. The normalized spacial score (nSPS) is 13.9. The molecule has 4 aromatic rings. The molecular formula is C27H22ClF3N4O. The SMILES string of the molecule is O=C(NCc1ccnc(F)c1)n1c2c(c3ccc(Cl)cc31)CN(CC=Cc1ccc(F)cc1F)CC2. The third kappa shape index (κ3) is 5.01. The standard InChI is InChI=1S/C27H22ClF3N4O/c28-19-4-6-21-22-16-34(10-1-2-18-3-5-20(29)14-23(18)30)11-8-24(22)35(25(21)13-19)27(36)33-15-17-7-9-32-26(31)12-17/h1-7,9,12-14H,8,10-11,15-16H2,(H,33,36). The number of carbonyl (C=O) groups excluding carboxylic acids is 1. The first-order valence-corrected chi connectivity index (χ1v) is 11.8. The van der Waals surface area contributed by atoms with Crippen LogP contribution in [0.1, 0.15) is 22.4 Å². The van der Waals surface area contributed by atoms with E-state index in [0.717, 1.165) is 22.7 Å². The molecule has 1 aliphatic heterocycles. The van der Waals surface area contributed by atoms with Gasteiger partial charge in [-0.05, 0) is 47.5 Å². The van der Waals surface area contributed by atoms with Crippen LogP contribution in [-0.2, 0) is 19.5 Å². The molecule has 5 rings (SSSR count). The highest BCUT2D eigenvalue weighted by Gasteiger charge is 2.26. The second kappa shape index (κ2) is 10.2. The van der Waals surface area contributed by atoms with Crippen LogP contribution in [-0.4, -0.2) is 33.6 Å². The average Bonchev–Trinajstić information content (AvgIpc) is 3.16. The fourth-order valence-electron chi connectivity index (χ4n) is 4.55. The van der Waals surface area contributed by atoms with Crippen LogP contribution in [0.4, 0.5) is 18.0 Å². The first kappa shape index (κ1) is 24.1. The van der Waals surface area contributed by atoms with Crippen LogP contribution in [0.15, 0.2) is 60.8 Å². The maximum atomic E-state index is 13.9. The molecule has 0 spiro atoms. The smallest absolute Gasteiger partial charge is 0.326 e. The molecule has 0 aliphatic carbocycles. The number of rotatable bonds is 5. The fourth-order valence-corrected chi connectivity index (χ4v) is 4.72. The van der Waals surface area contributed by atoms with Crippen molar-refractivity contribution in [3.05, 3.63) is 106 Å². The molecule has 0 fully saturated rings. The molecule has 0 radical (unpaired) electrons. The number of pyridine rings is 1. The van der Waals surface area contributed by atoms with E-state index in [9.17, 15) is 18.0 Å². The quantitative estimate of drug-likeness (QED) is 0.338. The molecule has 9 heteroatoms. The minimum Gasteiger partial charge on any atom is -0.333 e. The Morgan fingerprint density at radius 3 is 2.78 bits per heavy atom. The largest absolute Gasteiger partial charge is 0.333 e. The van der Waals surface area contributed by atoms with E-state index in [4.69, 9.17) is 11.6 Å². The van der Waals surface area contributed by atoms with Crippen molar-refractivity contribution >= 4 is 34.6 Å². The molecule has 3 heterocycles. The number of hydrogen-bond donors (Lipinski definition) is 1. The van der Waals surface area contributed by atoms with Crippen molar-refractivity contribution in [1.82, 2.24) is 19.8 Å². The summed E-state index contributed by atoms with van der Waals surface area (Å²) in [4.78, 5) is 19.0. The zero-order chi connectivity index (χ0) is 25.2. The summed E-state index contributed by atoms with van der Waals surface area (Å²) in [6.45, 7) is 2.01. The lowest BCUT2D eigenvalue weighted by Gasteiger charge is -2.27. The van der Waals surface area contributed by atoms with Crippen LogP contribution in [0.3, 0.4) is 0 Å². The molecule has 0 bridgehead atoms. The Morgan fingerprint density at radius 2 is 1.97 bits per heavy atom. The van der Waals surface area contributed by atoms with Crippen molar-refractivity contribution < 1.29 is 18.0 Å². The van der Waals surface area contributed by atoms with Crippen molar-refractivity contribution in [3.63, 3.8) is 0 Å². The second-order valence-electron chi connectivity index (χ2n) is 8.62. The number of carbonyl (C=O) groups is 1. The first-order valence-electron chi connectivity index (χ1n) is 11.4. The lowest BCUT2D eigenvalue weighted by atomic mass is 10.0. The van der Waals surface area contributed by atoms with Gasteiger partial charge in [-0.3, -0.25) is 9.47 Å². The van der Waals surface area contributed by atoms with E-state index in [0.29, 0.717) is 47.7 Å². The number of aromatic nitrogens is 2. The summed E-state index contributed by atoms with van der Waals surface area (Å²) >= 11 is 6.26. The van der Waals surface area contributed by atoms with Gasteiger partial charge >= 0.3 is 6.03 Å². The minimum absolute atomic E-state index is 0.157. The van der Waals surface area contributed by atoms with E-state index in [1.807, 2.05) is 12.1 Å². The zero-order valence-electron chi connectivity index (χ0n) is 19.1. The average molecular weight is 511 g/mol. The molecule has 0 atom stereocenters. The van der Waals surface area contributed by atoms with Crippen molar-refractivity contribution in [1.29, 1.82) is 0 Å². The van der Waals surface area contributed by atoms with Gasteiger partial charge in [0.05, 0.1) is 5.52 Å². The second-order valence-corrected chi connectivity index (χ2v) is 9.06. The minimum atomic E-state index is -0.610. The van der Waals surface area contributed by atoms with Crippen LogP contribution in [0, 0.1) is 17.6 Å². The fraction of sp³-hybridized carbons (Fsp3) is 0.185. The van der Waals surface area contributed by atoms with E-state index < -0.39 is 17.6 Å². The Morgan fingerprint density at radius 1 is 1.11 bits per heavy atom. The summed E-state index contributed by atoms with van der Waals surface area (Å²) in [5.41, 5.74) is 3.56. The molecule has 2 aromatic carbocycles. The lowest BCUT2D eigenvalue weighted by molar-refractivity contribution is 0.240. The van der Waals surface area contributed by atoms with Gasteiger partial charge in [-0.15, -0.1) is 0 Å². The summed E-state index contributed by atoms with van der Waals surface area (Å²) in [5.74, 6) is -1.82. The molecule has 1 N–H and O–H groups in total. The number of benzene rings is 2. The molecule has 0 unspecified atom stereocenters. The Hall–Kier alpha value is -3.62. The predicted molar refractivity (Wildman–Crippen MR) is 133 cm³/mol. The summed E-state index contributed by atoms with van der Waals surface area (Å²) in [6.07, 6.45) is 5.47. The van der Waals surface area contributed by atoms with Gasteiger partial charge in [-0.1, -0.05) is 29.8 Å². The Labute approximate surface area is 210 Å². The maximum Gasteiger partial charge on any atom is 0.326 e. The molecule has 0 saturated carbocycles. The molecular weight excluding hydrogens is 489 g/mol. The van der Waals surface area contributed by atoms with Gasteiger partial charge in [0.2, 0.25) is 5.95 Å². The highest BCUT2D eigenvalue weighted by atomic mass is 35.5. The van der Waals surface area contributed by atoms with Crippen molar-refractivity contribution in [2.24, 2.45) is 0 Å². The number of amides is 1. The van der Waals surface area contributed by atoms with E-state index in [-0.39, 0.29) is 12.6 Å². The molecule has 1 amide bonds. The van der Waals surface area contributed by atoms with Gasteiger partial charge in [0.25, 0.3) is 0 Å². The van der Waals surface area contributed by atoms with E-state index in [2.05, 4.69) is 15.2 Å². The monoisotopic (exact) mass is 510 g/mol. The predicted octanol–water partition coefficient (Wildman–Crippen LogP) is 5.94. The van der Waals surface area contributed by atoms with Gasteiger partial charge in [0.15, 0.2) is 0 Å². The van der Waals surface area contributed by atoms with Gasteiger partial charge in [0, 0.05) is 66.5 Å². The maximum absolute atomic E-state index is 13.9. The molecule has 5 nitrogen and oxygen atoms in total. The van der Waals surface area contributed by atoms with Crippen LogP contribution in [0.5, 0.6) is 0 Å². The summed E-state index contributed by atoms with van der Waals surface area (Å²) in [7, 11) is 0. The van der Waals surface area contributed by atoms with Crippen LogP contribution < -0.4 is 5.32 Å². The Kier molecular flexibility index (Phi) is 6.80. The van der Waals surface area contributed by atoms with Crippen molar-refractivity contribution in [2.45, 2.75) is 19.5 Å². The molecule has 184 valence electrons. The van der Waals surface area contributed by atoms with Crippen LogP contribution >= 0.6 is 11.6 Å². The lowest BCUT2D eigenvalue weighted by Crippen LogP contribution is -2.34. The third-order valence-corrected chi connectivity index (χ3v) is 6.49. The highest BCUT2D eigenvalue weighted by Crippen LogP contribution is 2.32. The summed E-state index contributed by atoms with van der Waals surface area (Å²) < 4.78 is 42.1. The number of nitrogens with zero attached hydrogens (tertiary/aromatic N) is 3. The summed E-state index contributed by atoms with van der Waals surface area (Å²) in [5, 5.41) is 4.31. The van der Waals surface area contributed by atoms with Crippen LogP contribution in [0.2, 0.25) is 5.02 Å². The summed E-state index contributed by atoms with van der Waals surface area (Å²) in [6, 6.07) is 11.6. The van der Waals surface area contributed by atoms with E-state index in [1.165, 1.54) is 24.4 Å². The van der Waals surface area contributed by atoms with Gasteiger partial charge in [0.1, 0.15) is 11.6 Å². The van der Waals surface area contributed by atoms with Gasteiger partial charge in [-0.25, -0.2) is 18.6 Å². The highest BCUT2D eigenvalue weighted by molar-refractivity contribution is 6.31. The number of halogens is 4. The molecule has 2 aromatic heterocycles. The molecule has 36 heavy (non-hydrogen) atoms. The molecule has 0 saturated heterocycles. The third-order valence-electron chi connectivity index (χ3n) is 6.25. The van der Waals surface area contributed by atoms with E-state index >= 15 is 0 Å². The van der Waals surface area contributed by atoms with Crippen molar-refractivity contribution in [2.75, 3.05) is 13.1 Å². The number of hydrogen-bond acceptors (Lipinski definition) is 3. The molecule has 1 aliphatic rings.